The van der Waals surface area contributed by atoms with Crippen LogP contribution in [0, 0.1) is 0 Å². The molecule has 1 unspecified atom stereocenters. The molecule has 2 aromatic rings. The molecule has 0 radical (unpaired) electrons. The van der Waals surface area contributed by atoms with E-state index < -0.39 is 0 Å². The summed E-state index contributed by atoms with van der Waals surface area (Å²) in [5, 5.41) is 0. The van der Waals surface area contributed by atoms with Gasteiger partial charge in [0.1, 0.15) is 0 Å². The Morgan fingerprint density at radius 3 is 2.64 bits per heavy atom. The molecule has 0 N–H and O–H groups in total. The highest BCUT2D eigenvalue weighted by Crippen LogP contribution is 2.35. The van der Waals surface area contributed by atoms with Crippen molar-refractivity contribution >= 4 is 17.7 Å². The summed E-state index contributed by atoms with van der Waals surface area (Å²) in [4.78, 5) is 41.3. The van der Waals surface area contributed by atoms with E-state index in [1.54, 1.807) is 23.1 Å². The number of fused-ring (bicyclic) bond motifs is 2. The summed E-state index contributed by atoms with van der Waals surface area (Å²) in [7, 11) is 1.81. The average Bonchev–Trinajstić information content (AvgIpc) is 3.25. The molecule has 2 aliphatic rings. The smallest absolute Gasteiger partial charge is 0.261 e. The van der Waals surface area contributed by atoms with Gasteiger partial charge < -0.3 is 4.90 Å². The first-order valence-electron chi connectivity index (χ1n) is 9.88. The molecule has 0 fully saturated rings. The van der Waals surface area contributed by atoms with Gasteiger partial charge in [-0.25, -0.2) is 0 Å². The first kappa shape index (κ1) is 18.4. The van der Waals surface area contributed by atoms with E-state index in [4.69, 9.17) is 0 Å². The third kappa shape index (κ3) is 2.91. The van der Waals surface area contributed by atoms with Crippen LogP contribution in [0.4, 0.5) is 0 Å². The van der Waals surface area contributed by atoms with E-state index in [-0.39, 0.29) is 23.8 Å². The van der Waals surface area contributed by atoms with Gasteiger partial charge in [0.05, 0.1) is 17.2 Å². The molecule has 4 rings (SSSR count). The van der Waals surface area contributed by atoms with Crippen LogP contribution in [-0.4, -0.2) is 41.1 Å². The third-order valence-corrected chi connectivity index (χ3v) is 5.84. The van der Waals surface area contributed by atoms with Crippen LogP contribution >= 0.6 is 0 Å². The summed E-state index contributed by atoms with van der Waals surface area (Å²) >= 11 is 0. The van der Waals surface area contributed by atoms with E-state index in [1.807, 2.05) is 26.1 Å². The summed E-state index contributed by atoms with van der Waals surface area (Å²) in [6.45, 7) is 2.44. The van der Waals surface area contributed by atoms with Crippen LogP contribution in [0.25, 0.3) is 0 Å². The lowest BCUT2D eigenvalue weighted by Crippen LogP contribution is -2.31. The van der Waals surface area contributed by atoms with Gasteiger partial charge in [-0.15, -0.1) is 0 Å². The number of hydrogen-bond donors (Lipinski definition) is 0. The van der Waals surface area contributed by atoms with Gasteiger partial charge in [0.25, 0.3) is 17.7 Å². The molecule has 0 bridgehead atoms. The van der Waals surface area contributed by atoms with Crippen molar-refractivity contribution in [1.29, 1.82) is 0 Å². The molecule has 28 heavy (non-hydrogen) atoms. The Hall–Kier alpha value is -2.95. The Labute approximate surface area is 164 Å². The van der Waals surface area contributed by atoms with Crippen LogP contribution in [-0.2, 0) is 6.42 Å². The number of amides is 3. The Kier molecular flexibility index (Phi) is 4.75. The molecule has 1 atom stereocenters. The minimum absolute atomic E-state index is 0.0374. The molecular weight excluding hydrogens is 352 g/mol. The van der Waals surface area contributed by atoms with E-state index in [1.165, 1.54) is 16.0 Å². The average molecular weight is 376 g/mol. The van der Waals surface area contributed by atoms with E-state index in [2.05, 4.69) is 12.1 Å². The molecule has 1 aliphatic heterocycles. The number of aryl methyl sites for hydroxylation is 1. The number of imide groups is 1. The second kappa shape index (κ2) is 7.23. The molecule has 0 aromatic heterocycles. The zero-order valence-electron chi connectivity index (χ0n) is 16.3. The lowest BCUT2D eigenvalue weighted by Gasteiger charge is -2.25. The molecule has 1 aliphatic carbocycles. The maximum Gasteiger partial charge on any atom is 0.261 e. The molecule has 0 saturated carbocycles. The summed E-state index contributed by atoms with van der Waals surface area (Å²) in [6, 6.07) is 13.1. The van der Waals surface area contributed by atoms with Crippen molar-refractivity contribution in [3.05, 3.63) is 70.3 Å². The van der Waals surface area contributed by atoms with Crippen LogP contribution in [0.3, 0.4) is 0 Å². The fourth-order valence-corrected chi connectivity index (χ4v) is 4.23. The van der Waals surface area contributed by atoms with Gasteiger partial charge in [0, 0.05) is 19.2 Å². The van der Waals surface area contributed by atoms with E-state index in [0.717, 1.165) is 25.7 Å². The van der Waals surface area contributed by atoms with E-state index in [0.29, 0.717) is 23.2 Å². The Morgan fingerprint density at radius 2 is 1.86 bits per heavy atom. The van der Waals surface area contributed by atoms with Crippen molar-refractivity contribution < 1.29 is 14.4 Å². The van der Waals surface area contributed by atoms with Crippen LogP contribution in [0.2, 0.25) is 0 Å². The quantitative estimate of drug-likeness (QED) is 0.745. The zero-order chi connectivity index (χ0) is 19.8. The monoisotopic (exact) mass is 376 g/mol. The Balaban J connectivity index is 1.58. The van der Waals surface area contributed by atoms with Crippen molar-refractivity contribution in [1.82, 2.24) is 9.80 Å². The van der Waals surface area contributed by atoms with Crippen LogP contribution in [0.5, 0.6) is 0 Å². The van der Waals surface area contributed by atoms with Crippen molar-refractivity contribution in [2.45, 2.75) is 38.6 Å². The minimum atomic E-state index is -0.294. The van der Waals surface area contributed by atoms with Crippen LogP contribution < -0.4 is 0 Å². The minimum Gasteiger partial charge on any atom is -0.335 e. The number of rotatable bonds is 5. The normalized spacial score (nSPS) is 17.6. The second-order valence-electron chi connectivity index (χ2n) is 7.55. The van der Waals surface area contributed by atoms with Gasteiger partial charge in [-0.2, -0.15) is 0 Å². The molecule has 0 saturated heterocycles. The van der Waals surface area contributed by atoms with E-state index in [9.17, 15) is 14.4 Å². The van der Waals surface area contributed by atoms with Gasteiger partial charge in [0.15, 0.2) is 0 Å². The number of carbonyl (C=O) groups excluding carboxylic acids is 3. The fraction of sp³-hybridized carbons (Fsp3) is 0.348. The summed E-state index contributed by atoms with van der Waals surface area (Å²) in [6.07, 6.45) is 3.54. The first-order valence-corrected chi connectivity index (χ1v) is 9.88. The Morgan fingerprint density at radius 1 is 1.11 bits per heavy atom. The number of nitrogens with zero attached hydrogens (tertiary/aromatic N) is 2. The van der Waals surface area contributed by atoms with Crippen molar-refractivity contribution in [2.24, 2.45) is 0 Å². The highest BCUT2D eigenvalue weighted by atomic mass is 16.2. The van der Waals surface area contributed by atoms with Crippen molar-refractivity contribution in [3.63, 3.8) is 0 Å². The van der Waals surface area contributed by atoms with Crippen molar-refractivity contribution in [2.75, 3.05) is 13.6 Å². The molecular formula is C23H24N2O3. The molecule has 2 aromatic carbocycles. The van der Waals surface area contributed by atoms with E-state index >= 15 is 0 Å². The maximum absolute atomic E-state index is 13.1. The molecule has 1 heterocycles. The molecule has 5 heteroatoms. The molecule has 3 amide bonds. The predicted octanol–water partition coefficient (Wildman–Crippen LogP) is 3.84. The van der Waals surface area contributed by atoms with Gasteiger partial charge in [0.2, 0.25) is 0 Å². The van der Waals surface area contributed by atoms with Crippen LogP contribution in [0.15, 0.2) is 42.5 Å². The number of benzene rings is 2. The number of carbonyl (C=O) groups is 3. The maximum atomic E-state index is 13.1. The largest absolute Gasteiger partial charge is 0.335 e. The predicted molar refractivity (Wildman–Crippen MR) is 106 cm³/mol. The lowest BCUT2D eigenvalue weighted by molar-refractivity contribution is 0.0651. The third-order valence-electron chi connectivity index (χ3n) is 5.84. The van der Waals surface area contributed by atoms with Gasteiger partial charge >= 0.3 is 0 Å². The standard InChI is InChI=1S/C23H24N2O3/c1-3-4-13-25-22(27)18-11-9-16(14-19(18)23(25)28)21(26)24(2)20-12-10-15-7-5-6-8-17(15)20/h5-9,11,14,20H,3-4,10,12-13H2,1-2H3. The number of hydrogen-bond acceptors (Lipinski definition) is 3. The van der Waals surface area contributed by atoms with Gasteiger partial charge in [-0.3, -0.25) is 19.3 Å². The van der Waals surface area contributed by atoms with Gasteiger partial charge in [-0.05, 0) is 48.6 Å². The van der Waals surface area contributed by atoms with Gasteiger partial charge in [-0.1, -0.05) is 37.6 Å². The highest BCUT2D eigenvalue weighted by Gasteiger charge is 2.36. The Bertz CT molecular complexity index is 966. The van der Waals surface area contributed by atoms with Crippen LogP contribution in [0.1, 0.15) is 74.4 Å². The fourth-order valence-electron chi connectivity index (χ4n) is 4.23. The summed E-state index contributed by atoms with van der Waals surface area (Å²) < 4.78 is 0. The molecule has 5 nitrogen and oxygen atoms in total. The number of unbranched alkanes of at least 4 members (excludes halogenated alkanes) is 1. The molecule has 0 spiro atoms. The van der Waals surface area contributed by atoms with Crippen molar-refractivity contribution in [3.8, 4) is 0 Å². The second-order valence-corrected chi connectivity index (χ2v) is 7.55. The first-order chi connectivity index (χ1) is 13.5. The molecule has 144 valence electrons. The summed E-state index contributed by atoms with van der Waals surface area (Å²) in [5.41, 5.74) is 3.66. The lowest BCUT2D eigenvalue weighted by atomic mass is 10.0. The zero-order valence-corrected chi connectivity index (χ0v) is 16.3. The summed E-state index contributed by atoms with van der Waals surface area (Å²) in [5.74, 6) is -0.681. The topological polar surface area (TPSA) is 57.7 Å². The SMILES string of the molecule is CCCCN1C(=O)c2ccc(C(=O)N(C)C3CCc4ccccc43)cc2C1=O. The highest BCUT2D eigenvalue weighted by molar-refractivity contribution is 6.22.